The number of hydrogen-bond acceptors (Lipinski definition) is 3. The molecule has 0 bridgehead atoms. The highest BCUT2D eigenvalue weighted by atomic mass is 19.1. The Balaban J connectivity index is 1.66. The van der Waals surface area contributed by atoms with Crippen molar-refractivity contribution in [3.63, 3.8) is 0 Å². The molecule has 1 atom stereocenters. The number of carboxylic acids is 1. The number of carbonyl (C=O) groups excluding carboxylic acids is 1. The van der Waals surface area contributed by atoms with Gasteiger partial charge in [0.15, 0.2) is 0 Å². The minimum absolute atomic E-state index is 0.0171. The fourth-order valence-corrected chi connectivity index (χ4v) is 2.90. The Morgan fingerprint density at radius 3 is 2.95 bits per heavy atom. The van der Waals surface area contributed by atoms with Gasteiger partial charge in [-0.05, 0) is 17.7 Å². The fraction of sp³-hybridized carbons (Fsp3) is 0.429. The second-order valence-corrected chi connectivity index (χ2v) is 5.39. The molecule has 6 nitrogen and oxygen atoms in total. The van der Waals surface area contributed by atoms with Crippen molar-refractivity contribution in [3.8, 4) is 0 Å². The molecule has 7 heteroatoms. The number of carbonyl (C=O) groups is 2. The Labute approximate surface area is 121 Å². The Morgan fingerprint density at radius 1 is 1.43 bits per heavy atom. The number of nitrogens with one attached hydrogen (secondary N) is 1. The average molecular weight is 293 g/mol. The van der Waals surface area contributed by atoms with Crippen molar-refractivity contribution in [2.75, 3.05) is 26.2 Å². The summed E-state index contributed by atoms with van der Waals surface area (Å²) in [6.07, 6.45) is 0. The smallest absolute Gasteiger partial charge is 0.338 e. The van der Waals surface area contributed by atoms with E-state index in [0.29, 0.717) is 19.6 Å². The van der Waals surface area contributed by atoms with Crippen LogP contribution in [-0.4, -0.2) is 59.1 Å². The van der Waals surface area contributed by atoms with Crippen LogP contribution in [0.15, 0.2) is 18.2 Å². The number of carboxylic acid groups (broad SMARTS) is 1. The van der Waals surface area contributed by atoms with Crippen molar-refractivity contribution >= 4 is 12.0 Å². The molecule has 1 aromatic rings. The second kappa shape index (κ2) is 5.33. The van der Waals surface area contributed by atoms with Gasteiger partial charge >= 0.3 is 12.0 Å². The van der Waals surface area contributed by atoms with Crippen molar-refractivity contribution in [2.45, 2.75) is 12.6 Å². The number of hydrogen-bond donors (Lipinski definition) is 2. The number of rotatable bonds is 3. The maximum absolute atomic E-state index is 13.7. The predicted octanol–water partition coefficient (Wildman–Crippen LogP) is 0.733. The van der Waals surface area contributed by atoms with Crippen LogP contribution >= 0.6 is 0 Å². The maximum atomic E-state index is 13.7. The number of aromatic carboxylic acids is 1. The van der Waals surface area contributed by atoms with Crippen LogP contribution in [0.3, 0.4) is 0 Å². The van der Waals surface area contributed by atoms with E-state index in [4.69, 9.17) is 5.11 Å². The molecule has 0 aliphatic carbocycles. The third kappa shape index (κ3) is 2.69. The summed E-state index contributed by atoms with van der Waals surface area (Å²) < 4.78 is 13.7. The summed E-state index contributed by atoms with van der Waals surface area (Å²) in [7, 11) is 0. The van der Waals surface area contributed by atoms with Gasteiger partial charge in [0, 0.05) is 32.7 Å². The first-order chi connectivity index (χ1) is 10.0. The van der Waals surface area contributed by atoms with Crippen LogP contribution in [0, 0.1) is 5.82 Å². The second-order valence-electron chi connectivity index (χ2n) is 5.39. The summed E-state index contributed by atoms with van der Waals surface area (Å²) in [6.45, 7) is 3.32. The maximum Gasteiger partial charge on any atom is 0.338 e. The summed E-state index contributed by atoms with van der Waals surface area (Å²) in [5.74, 6) is -1.97. The number of fused-ring (bicyclic) bond motifs is 1. The summed E-state index contributed by atoms with van der Waals surface area (Å²) in [5, 5.41) is 11.6. The van der Waals surface area contributed by atoms with E-state index in [1.54, 1.807) is 6.07 Å². The molecule has 112 valence electrons. The highest BCUT2D eigenvalue weighted by Crippen LogP contribution is 2.18. The lowest BCUT2D eigenvalue weighted by Crippen LogP contribution is -2.51. The largest absolute Gasteiger partial charge is 0.478 e. The summed E-state index contributed by atoms with van der Waals surface area (Å²) in [6, 6.07) is 4.35. The lowest BCUT2D eigenvalue weighted by molar-refractivity contribution is 0.0692. The van der Waals surface area contributed by atoms with Crippen LogP contribution in [0.4, 0.5) is 9.18 Å². The molecule has 1 unspecified atom stereocenters. The molecule has 2 amide bonds. The molecule has 2 heterocycles. The molecule has 2 N–H and O–H groups in total. The quantitative estimate of drug-likeness (QED) is 0.862. The molecule has 2 saturated heterocycles. The van der Waals surface area contributed by atoms with E-state index < -0.39 is 11.8 Å². The van der Waals surface area contributed by atoms with E-state index in [1.165, 1.54) is 12.1 Å². The molecule has 2 aliphatic heterocycles. The predicted molar refractivity (Wildman–Crippen MR) is 72.5 cm³/mol. The van der Waals surface area contributed by atoms with Gasteiger partial charge in [-0.2, -0.15) is 0 Å². The third-order valence-electron chi connectivity index (χ3n) is 3.99. The van der Waals surface area contributed by atoms with Crippen LogP contribution in [-0.2, 0) is 6.54 Å². The van der Waals surface area contributed by atoms with Gasteiger partial charge in [-0.15, -0.1) is 0 Å². The normalized spacial score (nSPS) is 22.0. The van der Waals surface area contributed by atoms with Crippen molar-refractivity contribution in [2.24, 2.45) is 0 Å². The van der Waals surface area contributed by atoms with Gasteiger partial charge in [0.1, 0.15) is 5.82 Å². The van der Waals surface area contributed by atoms with Crippen LogP contribution in [0.25, 0.3) is 0 Å². The van der Waals surface area contributed by atoms with E-state index >= 15 is 0 Å². The number of benzene rings is 1. The number of halogens is 1. The van der Waals surface area contributed by atoms with E-state index in [0.717, 1.165) is 18.7 Å². The summed E-state index contributed by atoms with van der Waals surface area (Å²) >= 11 is 0. The minimum atomic E-state index is -1.26. The lowest BCUT2D eigenvalue weighted by atomic mass is 10.1. The van der Waals surface area contributed by atoms with Gasteiger partial charge in [0.05, 0.1) is 11.6 Å². The highest BCUT2D eigenvalue weighted by Gasteiger charge is 2.35. The standard InChI is InChI=1S/C14H16FN3O3/c15-12-5-9(1-2-11(12)13(19)20)7-17-3-4-18-10(8-17)6-16-14(18)21/h1-2,5,10H,3-4,6-8H2,(H,16,21)(H,19,20). The highest BCUT2D eigenvalue weighted by molar-refractivity contribution is 5.87. The van der Waals surface area contributed by atoms with Crippen molar-refractivity contribution < 1.29 is 19.1 Å². The molecule has 0 saturated carbocycles. The molecule has 0 spiro atoms. The average Bonchev–Trinajstić information content (AvgIpc) is 2.80. The number of piperazine rings is 1. The van der Waals surface area contributed by atoms with Gasteiger partial charge in [-0.3, -0.25) is 4.90 Å². The fourth-order valence-electron chi connectivity index (χ4n) is 2.90. The van der Waals surface area contributed by atoms with Crippen molar-refractivity contribution in [3.05, 3.63) is 35.1 Å². The van der Waals surface area contributed by atoms with E-state index in [1.807, 2.05) is 4.90 Å². The molecular weight excluding hydrogens is 277 g/mol. The Bertz CT molecular complexity index is 593. The number of amides is 2. The first-order valence-corrected chi connectivity index (χ1v) is 6.83. The van der Waals surface area contributed by atoms with Gasteiger partial charge in [-0.25, -0.2) is 14.0 Å². The number of urea groups is 1. The molecular formula is C14H16FN3O3. The van der Waals surface area contributed by atoms with Crippen molar-refractivity contribution in [1.82, 2.24) is 15.1 Å². The van der Waals surface area contributed by atoms with Gasteiger partial charge < -0.3 is 15.3 Å². The Kier molecular flexibility index (Phi) is 3.50. The van der Waals surface area contributed by atoms with Crippen LogP contribution < -0.4 is 5.32 Å². The zero-order chi connectivity index (χ0) is 15.0. The summed E-state index contributed by atoms with van der Waals surface area (Å²) in [5.41, 5.74) is 0.428. The first kappa shape index (κ1) is 13.8. The topological polar surface area (TPSA) is 72.9 Å². The zero-order valence-electron chi connectivity index (χ0n) is 11.4. The number of nitrogens with zero attached hydrogens (tertiary/aromatic N) is 2. The molecule has 0 aromatic heterocycles. The monoisotopic (exact) mass is 293 g/mol. The Hall–Kier alpha value is -2.15. The van der Waals surface area contributed by atoms with Crippen LogP contribution in [0.2, 0.25) is 0 Å². The minimum Gasteiger partial charge on any atom is -0.478 e. The van der Waals surface area contributed by atoms with E-state index in [-0.39, 0.29) is 17.6 Å². The molecule has 3 rings (SSSR count). The van der Waals surface area contributed by atoms with Gasteiger partial charge in [-0.1, -0.05) is 6.07 Å². The molecule has 2 aliphatic rings. The van der Waals surface area contributed by atoms with Gasteiger partial charge in [0.25, 0.3) is 0 Å². The lowest BCUT2D eigenvalue weighted by Gasteiger charge is -2.36. The molecule has 0 radical (unpaired) electrons. The molecule has 1 aromatic carbocycles. The SMILES string of the molecule is O=C(O)c1ccc(CN2CCN3C(=O)NCC3C2)cc1F. The summed E-state index contributed by atoms with van der Waals surface area (Å²) in [4.78, 5) is 26.3. The van der Waals surface area contributed by atoms with Crippen molar-refractivity contribution in [1.29, 1.82) is 0 Å². The molecule has 21 heavy (non-hydrogen) atoms. The van der Waals surface area contributed by atoms with E-state index in [2.05, 4.69) is 10.2 Å². The zero-order valence-corrected chi connectivity index (χ0v) is 11.4. The van der Waals surface area contributed by atoms with Gasteiger partial charge in [0.2, 0.25) is 0 Å². The first-order valence-electron chi connectivity index (χ1n) is 6.83. The molecule has 2 fully saturated rings. The van der Waals surface area contributed by atoms with Crippen LogP contribution in [0.5, 0.6) is 0 Å². The van der Waals surface area contributed by atoms with Crippen LogP contribution in [0.1, 0.15) is 15.9 Å². The van der Waals surface area contributed by atoms with E-state index in [9.17, 15) is 14.0 Å². The Morgan fingerprint density at radius 2 is 2.24 bits per heavy atom. The third-order valence-corrected chi connectivity index (χ3v) is 3.99.